The van der Waals surface area contributed by atoms with Crippen LogP contribution < -0.4 is 0 Å². The average Bonchev–Trinajstić information content (AvgIpc) is 3.80. The quantitative estimate of drug-likeness (QED) is 0.154. The molecule has 0 aliphatic rings. The smallest absolute Gasteiger partial charge is 0.160 e. The molecule has 0 saturated carbocycles. The minimum atomic E-state index is 0.698. The predicted octanol–water partition coefficient (Wildman–Crippen LogP) is 14.6. The second-order valence-electron chi connectivity index (χ2n) is 15.2. The molecule has 0 unspecified atom stereocenters. The Bertz CT molecular complexity index is 3300. The van der Waals surface area contributed by atoms with Gasteiger partial charge >= 0.3 is 0 Å². The molecule has 0 spiro atoms. The lowest BCUT2D eigenvalue weighted by atomic mass is 9.90. The van der Waals surface area contributed by atoms with Gasteiger partial charge in [-0.25, -0.2) is 14.5 Å². The molecule has 0 fully saturated rings. The number of nitrogens with zero attached hydrogens (tertiary/aromatic N) is 4. The predicted molar refractivity (Wildman–Crippen MR) is 252 cm³/mol. The van der Waals surface area contributed by atoms with Crippen molar-refractivity contribution in [2.45, 2.75) is 0 Å². The third kappa shape index (κ3) is 6.76. The van der Waals surface area contributed by atoms with Gasteiger partial charge in [0.15, 0.2) is 5.82 Å². The molecule has 4 heteroatoms. The van der Waals surface area contributed by atoms with E-state index in [0.29, 0.717) is 5.82 Å². The van der Waals surface area contributed by atoms with Crippen molar-refractivity contribution >= 4 is 16.3 Å². The molecule has 0 bridgehead atoms. The Balaban J connectivity index is 1.00. The minimum Gasteiger partial charge on any atom is -0.231 e. The number of aromatic nitrogens is 4. The van der Waals surface area contributed by atoms with Crippen LogP contribution in [0.2, 0.25) is 0 Å². The summed E-state index contributed by atoms with van der Waals surface area (Å²) in [5.41, 5.74) is 17.2. The highest BCUT2D eigenvalue weighted by molar-refractivity contribution is 6.13. The van der Waals surface area contributed by atoms with Gasteiger partial charge in [0.05, 0.1) is 28.8 Å². The van der Waals surface area contributed by atoms with Crippen LogP contribution in [0, 0.1) is 0 Å². The normalized spacial score (nSPS) is 11.3. The maximum Gasteiger partial charge on any atom is 0.160 e. The molecule has 8 aromatic carbocycles. The van der Waals surface area contributed by atoms with Crippen LogP contribution in [0.3, 0.4) is 0 Å². The summed E-state index contributed by atoms with van der Waals surface area (Å²) in [6.07, 6.45) is 2.01. The highest BCUT2D eigenvalue weighted by atomic mass is 15.2. The van der Waals surface area contributed by atoms with Gasteiger partial charge in [-0.1, -0.05) is 212 Å². The largest absolute Gasteiger partial charge is 0.231 e. The number of hydrogen-bond acceptors (Lipinski definition) is 3. The Kier molecular flexibility index (Phi) is 9.14. The van der Waals surface area contributed by atoms with Crippen molar-refractivity contribution in [3.8, 4) is 89.7 Å². The fourth-order valence-corrected chi connectivity index (χ4v) is 8.51. The molecule has 0 atom stereocenters. The summed E-state index contributed by atoms with van der Waals surface area (Å²) in [5.74, 6) is 0.698. The van der Waals surface area contributed by atoms with Crippen LogP contribution in [-0.2, 0) is 0 Å². The Labute approximate surface area is 354 Å². The Morgan fingerprint density at radius 2 is 0.754 bits per heavy atom. The number of benzene rings is 8. The van der Waals surface area contributed by atoms with Gasteiger partial charge < -0.3 is 0 Å². The van der Waals surface area contributed by atoms with Crippen molar-refractivity contribution in [3.63, 3.8) is 0 Å². The standard InChI is InChI=1S/C57H38N4/c1-5-16-39(17-6-1)40-28-32-43(33-29-40)52-37-53(60-57(59-52)46-22-11-4-12-23-46)44-34-30-41(31-35-44)47-24-15-25-48(36-47)54-49-26-13-14-27-50(49)56-51(42-18-7-2-8-19-42)38-58-61(56)55(54)45-20-9-3-10-21-45/h1-38H. The van der Waals surface area contributed by atoms with Crippen LogP contribution >= 0.6 is 0 Å². The van der Waals surface area contributed by atoms with Gasteiger partial charge in [-0.05, 0) is 50.9 Å². The second kappa shape index (κ2) is 15.5. The molecular weight excluding hydrogens is 741 g/mol. The number of pyridine rings is 1. The Morgan fingerprint density at radius 1 is 0.311 bits per heavy atom. The van der Waals surface area contributed by atoms with Crippen LogP contribution in [0.5, 0.6) is 0 Å². The van der Waals surface area contributed by atoms with Crippen molar-refractivity contribution in [1.29, 1.82) is 0 Å². The van der Waals surface area contributed by atoms with E-state index in [-0.39, 0.29) is 0 Å². The zero-order chi connectivity index (χ0) is 40.5. The third-order valence-corrected chi connectivity index (χ3v) is 11.5. The zero-order valence-corrected chi connectivity index (χ0v) is 33.2. The van der Waals surface area contributed by atoms with E-state index in [4.69, 9.17) is 15.1 Å². The number of fused-ring (bicyclic) bond motifs is 3. The summed E-state index contributed by atoms with van der Waals surface area (Å²) in [7, 11) is 0. The summed E-state index contributed by atoms with van der Waals surface area (Å²) in [4.78, 5) is 10.2. The van der Waals surface area contributed by atoms with Crippen molar-refractivity contribution in [2.75, 3.05) is 0 Å². The van der Waals surface area contributed by atoms with Gasteiger partial charge in [0.1, 0.15) is 0 Å². The minimum absolute atomic E-state index is 0.698. The van der Waals surface area contributed by atoms with Crippen LogP contribution in [0.4, 0.5) is 0 Å². The lowest BCUT2D eigenvalue weighted by Crippen LogP contribution is -2.00. The summed E-state index contributed by atoms with van der Waals surface area (Å²) in [5, 5.41) is 7.44. The Hall–Kier alpha value is -8.21. The monoisotopic (exact) mass is 778 g/mol. The summed E-state index contributed by atoms with van der Waals surface area (Å²) in [6, 6.07) is 79.0. The van der Waals surface area contributed by atoms with Gasteiger partial charge in [0.2, 0.25) is 0 Å². The first-order valence-corrected chi connectivity index (χ1v) is 20.6. The van der Waals surface area contributed by atoms with E-state index in [2.05, 4.69) is 205 Å². The van der Waals surface area contributed by atoms with Crippen LogP contribution in [0.15, 0.2) is 231 Å². The molecule has 0 aliphatic carbocycles. The first-order valence-electron chi connectivity index (χ1n) is 20.6. The summed E-state index contributed by atoms with van der Waals surface area (Å²) < 4.78 is 2.15. The first kappa shape index (κ1) is 35.9. The van der Waals surface area contributed by atoms with Crippen molar-refractivity contribution in [2.24, 2.45) is 0 Å². The zero-order valence-electron chi connectivity index (χ0n) is 33.2. The van der Waals surface area contributed by atoms with E-state index >= 15 is 0 Å². The van der Waals surface area contributed by atoms with Gasteiger partial charge in [-0.2, -0.15) is 5.10 Å². The van der Waals surface area contributed by atoms with E-state index in [1.165, 1.54) is 16.5 Å². The number of rotatable bonds is 8. The number of hydrogen-bond donors (Lipinski definition) is 0. The van der Waals surface area contributed by atoms with E-state index < -0.39 is 0 Å². The maximum absolute atomic E-state index is 5.11. The van der Waals surface area contributed by atoms with Gasteiger partial charge in [-0.15, -0.1) is 0 Å². The highest BCUT2D eigenvalue weighted by Crippen LogP contribution is 2.43. The van der Waals surface area contributed by atoms with E-state index in [1.807, 2.05) is 30.5 Å². The van der Waals surface area contributed by atoms with E-state index in [0.717, 1.165) is 83.6 Å². The second-order valence-corrected chi connectivity index (χ2v) is 15.2. The molecule has 286 valence electrons. The van der Waals surface area contributed by atoms with Crippen LogP contribution in [0.1, 0.15) is 0 Å². The lowest BCUT2D eigenvalue weighted by Gasteiger charge is -2.18. The van der Waals surface area contributed by atoms with E-state index in [1.54, 1.807) is 0 Å². The Morgan fingerprint density at radius 3 is 1.36 bits per heavy atom. The van der Waals surface area contributed by atoms with Crippen molar-refractivity contribution < 1.29 is 0 Å². The molecule has 3 heterocycles. The molecule has 0 radical (unpaired) electrons. The van der Waals surface area contributed by atoms with Crippen LogP contribution in [-0.4, -0.2) is 19.6 Å². The topological polar surface area (TPSA) is 43.1 Å². The SMILES string of the molecule is c1ccc(-c2ccc(-c3cc(-c4ccc(-c5cccc(-c6c(-c7ccccc7)n7ncc(-c8ccccc8)c7c7ccccc67)c5)cc4)nc(-c4ccccc4)n3)cc2)cc1. The molecule has 4 nitrogen and oxygen atoms in total. The molecule has 0 N–H and O–H groups in total. The fourth-order valence-electron chi connectivity index (χ4n) is 8.51. The lowest BCUT2D eigenvalue weighted by molar-refractivity contribution is 0.976. The fraction of sp³-hybridized carbons (Fsp3) is 0. The molecule has 0 aliphatic heterocycles. The summed E-state index contributed by atoms with van der Waals surface area (Å²) >= 11 is 0. The average molecular weight is 779 g/mol. The van der Waals surface area contributed by atoms with Crippen molar-refractivity contribution in [1.82, 2.24) is 19.6 Å². The third-order valence-electron chi connectivity index (χ3n) is 11.5. The van der Waals surface area contributed by atoms with Gasteiger partial charge in [0, 0.05) is 38.8 Å². The van der Waals surface area contributed by atoms with Crippen LogP contribution in [0.25, 0.3) is 106 Å². The molecule has 61 heavy (non-hydrogen) atoms. The molecule has 11 rings (SSSR count). The van der Waals surface area contributed by atoms with Crippen molar-refractivity contribution in [3.05, 3.63) is 231 Å². The summed E-state index contributed by atoms with van der Waals surface area (Å²) in [6.45, 7) is 0. The molecule has 11 aromatic rings. The molecular formula is C57H38N4. The molecule has 0 saturated heterocycles. The van der Waals surface area contributed by atoms with Gasteiger partial charge in [-0.3, -0.25) is 0 Å². The maximum atomic E-state index is 5.11. The van der Waals surface area contributed by atoms with E-state index in [9.17, 15) is 0 Å². The molecule has 3 aromatic heterocycles. The highest BCUT2D eigenvalue weighted by Gasteiger charge is 2.22. The first-order chi connectivity index (χ1) is 30.2. The molecule has 0 amide bonds. The van der Waals surface area contributed by atoms with Gasteiger partial charge in [0.25, 0.3) is 0 Å².